The molecular weight excluding hydrogens is 391 g/mol. The van der Waals surface area contributed by atoms with E-state index in [0.29, 0.717) is 13.1 Å². The van der Waals surface area contributed by atoms with Crippen LogP contribution in [0.3, 0.4) is 0 Å². The van der Waals surface area contributed by atoms with Gasteiger partial charge in [-0.15, -0.1) is 0 Å². The van der Waals surface area contributed by atoms with Gasteiger partial charge in [0.1, 0.15) is 5.82 Å². The maximum atomic E-state index is 13.8. The Morgan fingerprint density at radius 3 is 2.44 bits per heavy atom. The van der Waals surface area contributed by atoms with Crippen molar-refractivity contribution in [2.75, 3.05) is 18.4 Å². The van der Waals surface area contributed by atoms with Gasteiger partial charge in [0, 0.05) is 23.7 Å². The highest BCUT2D eigenvalue weighted by atomic mass is 35.5. The predicted molar refractivity (Wildman–Crippen MR) is 103 cm³/mol. The molecule has 1 heterocycles. The van der Waals surface area contributed by atoms with Crippen molar-refractivity contribution < 1.29 is 17.6 Å². The van der Waals surface area contributed by atoms with Crippen LogP contribution in [0.25, 0.3) is 0 Å². The van der Waals surface area contributed by atoms with Crippen LogP contribution < -0.4 is 5.32 Å². The number of halogens is 2. The van der Waals surface area contributed by atoms with Crippen molar-refractivity contribution in [1.82, 2.24) is 4.31 Å². The number of hydrogen-bond donors (Lipinski definition) is 1. The molecular formula is C19H20ClFN2O3S. The smallest absolute Gasteiger partial charge is 0.255 e. The molecule has 27 heavy (non-hydrogen) atoms. The summed E-state index contributed by atoms with van der Waals surface area (Å²) >= 11 is 5.83. The summed E-state index contributed by atoms with van der Waals surface area (Å²) in [5.74, 6) is -1.23. The molecule has 1 aliphatic heterocycles. The van der Waals surface area contributed by atoms with Gasteiger partial charge in [-0.25, -0.2) is 12.8 Å². The first kappa shape index (κ1) is 19.8. The van der Waals surface area contributed by atoms with Gasteiger partial charge in [-0.1, -0.05) is 30.5 Å². The Morgan fingerprint density at radius 1 is 1.04 bits per heavy atom. The molecule has 1 fully saturated rings. The highest BCUT2D eigenvalue weighted by molar-refractivity contribution is 7.89. The van der Waals surface area contributed by atoms with Gasteiger partial charge in [0.05, 0.1) is 10.6 Å². The standard InChI is InChI=1S/C19H20ClFN2O3S/c20-15-8-9-17(21)18(13-15)22-19(24)14-6-5-7-16(12-14)27(25,26)23-10-3-1-2-4-11-23/h5-9,12-13H,1-4,10-11H2,(H,22,24). The molecule has 144 valence electrons. The van der Waals surface area contributed by atoms with E-state index in [9.17, 15) is 17.6 Å². The van der Waals surface area contributed by atoms with E-state index in [-0.39, 0.29) is 21.2 Å². The molecule has 1 aliphatic rings. The van der Waals surface area contributed by atoms with Crippen LogP contribution >= 0.6 is 11.6 Å². The molecule has 1 N–H and O–H groups in total. The number of carbonyl (C=O) groups excluding carboxylic acids is 1. The summed E-state index contributed by atoms with van der Waals surface area (Å²) in [4.78, 5) is 12.5. The average Bonchev–Trinajstić information content (AvgIpc) is 2.95. The summed E-state index contributed by atoms with van der Waals surface area (Å²) in [5.41, 5.74) is 0.0681. The highest BCUT2D eigenvalue weighted by Gasteiger charge is 2.25. The maximum absolute atomic E-state index is 13.8. The fourth-order valence-electron chi connectivity index (χ4n) is 3.02. The summed E-state index contributed by atoms with van der Waals surface area (Å²) in [7, 11) is -3.67. The summed E-state index contributed by atoms with van der Waals surface area (Å²) in [6.45, 7) is 0.957. The minimum Gasteiger partial charge on any atom is -0.319 e. The number of nitrogens with one attached hydrogen (secondary N) is 1. The Labute approximate surface area is 163 Å². The van der Waals surface area contributed by atoms with E-state index in [1.54, 1.807) is 0 Å². The zero-order valence-electron chi connectivity index (χ0n) is 14.6. The molecule has 0 spiro atoms. The molecule has 0 aromatic heterocycles. The van der Waals surface area contributed by atoms with Gasteiger partial charge in [0.15, 0.2) is 0 Å². The second kappa shape index (κ2) is 8.37. The van der Waals surface area contributed by atoms with Crippen LogP contribution in [0.5, 0.6) is 0 Å². The van der Waals surface area contributed by atoms with E-state index in [1.807, 2.05) is 0 Å². The highest BCUT2D eigenvalue weighted by Crippen LogP contribution is 2.23. The first-order valence-electron chi connectivity index (χ1n) is 8.74. The lowest BCUT2D eigenvalue weighted by atomic mass is 10.2. The molecule has 1 amide bonds. The number of carbonyl (C=O) groups is 1. The Morgan fingerprint density at radius 2 is 1.74 bits per heavy atom. The van der Waals surface area contributed by atoms with Crippen LogP contribution in [-0.2, 0) is 10.0 Å². The molecule has 2 aromatic rings. The number of nitrogens with zero attached hydrogens (tertiary/aromatic N) is 1. The van der Waals surface area contributed by atoms with Crippen LogP contribution in [0.2, 0.25) is 5.02 Å². The normalized spacial score (nSPS) is 15.9. The number of amides is 1. The maximum Gasteiger partial charge on any atom is 0.255 e. The molecule has 0 unspecified atom stereocenters. The van der Waals surface area contributed by atoms with Crippen molar-refractivity contribution in [2.45, 2.75) is 30.6 Å². The lowest BCUT2D eigenvalue weighted by Crippen LogP contribution is -2.32. The third-order valence-corrected chi connectivity index (χ3v) is 6.61. The first-order chi connectivity index (χ1) is 12.9. The van der Waals surface area contributed by atoms with Gasteiger partial charge < -0.3 is 5.32 Å². The van der Waals surface area contributed by atoms with Crippen molar-refractivity contribution in [2.24, 2.45) is 0 Å². The van der Waals surface area contributed by atoms with Crippen LogP contribution in [0, 0.1) is 5.82 Å². The molecule has 3 rings (SSSR count). The summed E-state index contributed by atoms with van der Waals surface area (Å²) in [6, 6.07) is 9.61. The number of sulfonamides is 1. The molecule has 0 saturated carbocycles. The minimum atomic E-state index is -3.67. The van der Waals surface area contributed by atoms with Crippen molar-refractivity contribution in [3.05, 3.63) is 58.9 Å². The zero-order chi connectivity index (χ0) is 19.4. The lowest BCUT2D eigenvalue weighted by Gasteiger charge is -2.20. The second-order valence-electron chi connectivity index (χ2n) is 6.42. The number of anilines is 1. The van der Waals surface area contributed by atoms with Gasteiger partial charge in [-0.05, 0) is 49.2 Å². The van der Waals surface area contributed by atoms with Crippen molar-refractivity contribution >= 4 is 33.2 Å². The Kier molecular flexibility index (Phi) is 6.14. The lowest BCUT2D eigenvalue weighted by molar-refractivity contribution is 0.102. The van der Waals surface area contributed by atoms with Crippen molar-refractivity contribution in [1.29, 1.82) is 0 Å². The van der Waals surface area contributed by atoms with Gasteiger partial charge in [-0.3, -0.25) is 4.79 Å². The van der Waals surface area contributed by atoms with Crippen molar-refractivity contribution in [3.8, 4) is 0 Å². The molecule has 5 nitrogen and oxygen atoms in total. The topological polar surface area (TPSA) is 66.5 Å². The Bertz CT molecular complexity index is 942. The van der Waals surface area contributed by atoms with E-state index in [4.69, 9.17) is 11.6 Å². The van der Waals surface area contributed by atoms with E-state index in [1.165, 1.54) is 40.7 Å². The van der Waals surface area contributed by atoms with Gasteiger partial charge >= 0.3 is 0 Å². The van der Waals surface area contributed by atoms with Crippen molar-refractivity contribution in [3.63, 3.8) is 0 Å². The summed E-state index contributed by atoms with van der Waals surface area (Å²) < 4.78 is 41.1. The van der Waals surface area contributed by atoms with E-state index >= 15 is 0 Å². The third-order valence-electron chi connectivity index (χ3n) is 4.48. The second-order valence-corrected chi connectivity index (χ2v) is 8.80. The Balaban J connectivity index is 1.84. The molecule has 0 radical (unpaired) electrons. The number of hydrogen-bond acceptors (Lipinski definition) is 3. The minimum absolute atomic E-state index is 0.0589. The van der Waals surface area contributed by atoms with E-state index in [0.717, 1.165) is 31.7 Å². The summed E-state index contributed by atoms with van der Waals surface area (Å²) in [6.07, 6.45) is 3.68. The summed E-state index contributed by atoms with van der Waals surface area (Å²) in [5, 5.41) is 2.71. The average molecular weight is 411 g/mol. The molecule has 0 atom stereocenters. The van der Waals surface area contributed by atoms with Gasteiger partial charge in [-0.2, -0.15) is 4.31 Å². The van der Waals surface area contributed by atoms with Gasteiger partial charge in [0.2, 0.25) is 10.0 Å². The molecule has 8 heteroatoms. The first-order valence-corrected chi connectivity index (χ1v) is 10.6. The van der Waals surface area contributed by atoms with Crippen LogP contribution in [0.15, 0.2) is 47.4 Å². The fraction of sp³-hybridized carbons (Fsp3) is 0.316. The van der Waals surface area contributed by atoms with Crippen LogP contribution in [-0.4, -0.2) is 31.7 Å². The largest absolute Gasteiger partial charge is 0.319 e. The Hall–Kier alpha value is -1.96. The SMILES string of the molecule is O=C(Nc1cc(Cl)ccc1F)c1cccc(S(=O)(=O)N2CCCCCC2)c1. The third kappa shape index (κ3) is 4.66. The van der Waals surface area contributed by atoms with E-state index in [2.05, 4.69) is 5.32 Å². The fourth-order valence-corrected chi connectivity index (χ4v) is 4.75. The molecule has 0 aliphatic carbocycles. The number of benzene rings is 2. The predicted octanol–water partition coefficient (Wildman–Crippen LogP) is 4.30. The van der Waals surface area contributed by atoms with E-state index < -0.39 is 21.7 Å². The van der Waals surface area contributed by atoms with Gasteiger partial charge in [0.25, 0.3) is 5.91 Å². The quantitative estimate of drug-likeness (QED) is 0.817. The van der Waals surface area contributed by atoms with Crippen LogP contribution in [0.4, 0.5) is 10.1 Å². The monoisotopic (exact) mass is 410 g/mol. The zero-order valence-corrected chi connectivity index (χ0v) is 16.2. The number of rotatable bonds is 4. The molecule has 1 saturated heterocycles. The van der Waals surface area contributed by atoms with Crippen LogP contribution in [0.1, 0.15) is 36.0 Å². The molecule has 0 bridgehead atoms. The molecule has 2 aromatic carbocycles.